The summed E-state index contributed by atoms with van der Waals surface area (Å²) in [6, 6.07) is 0. The van der Waals surface area contributed by atoms with Crippen LogP contribution in [0.4, 0.5) is 0 Å². The summed E-state index contributed by atoms with van der Waals surface area (Å²) in [7, 11) is -1.02. The second kappa shape index (κ2) is 5.77. The van der Waals surface area contributed by atoms with Crippen molar-refractivity contribution in [3.05, 3.63) is 0 Å². The molecule has 0 aliphatic heterocycles. The van der Waals surface area contributed by atoms with Gasteiger partial charge in [-0.25, -0.2) is 0 Å². The summed E-state index contributed by atoms with van der Waals surface area (Å²) in [4.78, 5) is 11.2. The van der Waals surface area contributed by atoms with Gasteiger partial charge >= 0.3 is 0 Å². The second-order valence-corrected chi connectivity index (χ2v) is 4.99. The molecule has 0 aliphatic rings. The van der Waals surface area contributed by atoms with Gasteiger partial charge in [0.15, 0.2) is 5.78 Å². The Morgan fingerprint density at radius 2 is 2.18 bits per heavy atom. The van der Waals surface area contributed by atoms with Crippen LogP contribution in [-0.2, 0) is 15.6 Å². The third-order valence-electron chi connectivity index (χ3n) is 1.27. The average molecular weight is 194 g/mol. The molecule has 0 aromatic carbocycles. The molecule has 0 rings (SSSR count). The summed E-state index contributed by atoms with van der Waals surface area (Å²) in [6.45, 7) is 1.95. The van der Waals surface area contributed by atoms with Crippen LogP contribution < -0.4 is 0 Å². The first-order valence-electron chi connectivity index (χ1n) is 3.51. The van der Waals surface area contributed by atoms with Crippen molar-refractivity contribution in [2.45, 2.75) is 24.3 Å². The summed E-state index contributed by atoms with van der Waals surface area (Å²) in [5.74, 6) is 0.112. The first-order chi connectivity index (χ1) is 5.13. The third kappa shape index (κ3) is 3.91. The Morgan fingerprint density at radius 3 is 2.45 bits per heavy atom. The van der Waals surface area contributed by atoms with E-state index in [1.807, 2.05) is 13.2 Å². The molecule has 0 aromatic heterocycles. The molecule has 2 atom stereocenters. The van der Waals surface area contributed by atoms with Crippen LogP contribution in [0.25, 0.3) is 0 Å². The highest BCUT2D eigenvalue weighted by molar-refractivity contribution is 8.11. The predicted octanol–water partition coefficient (Wildman–Crippen LogP) is 1.42. The molecule has 4 heteroatoms. The van der Waals surface area contributed by atoms with Crippen LogP contribution in [0.2, 0.25) is 0 Å². The summed E-state index contributed by atoms with van der Waals surface area (Å²) >= 11 is 1.38. The van der Waals surface area contributed by atoms with Crippen molar-refractivity contribution in [3.63, 3.8) is 0 Å². The van der Waals surface area contributed by atoms with E-state index in [1.54, 1.807) is 6.26 Å². The van der Waals surface area contributed by atoms with Crippen molar-refractivity contribution >= 4 is 28.3 Å². The van der Waals surface area contributed by atoms with Crippen LogP contribution in [-0.4, -0.2) is 27.1 Å². The molecule has 0 amide bonds. The Bertz CT molecular complexity index is 157. The summed E-state index contributed by atoms with van der Waals surface area (Å²) in [5.41, 5.74) is 0. The molecule has 0 heterocycles. The van der Waals surface area contributed by atoms with Gasteiger partial charge in [0, 0.05) is 23.5 Å². The van der Waals surface area contributed by atoms with E-state index in [0.29, 0.717) is 6.42 Å². The molecule has 0 radical (unpaired) electrons. The van der Waals surface area contributed by atoms with Crippen LogP contribution in [0.1, 0.15) is 19.8 Å². The lowest BCUT2D eigenvalue weighted by Crippen LogP contribution is -2.20. The SMILES string of the molecule is CCCC(=O)C(SC)S(C)=O. The van der Waals surface area contributed by atoms with E-state index in [1.165, 1.54) is 11.8 Å². The van der Waals surface area contributed by atoms with E-state index in [-0.39, 0.29) is 10.4 Å². The van der Waals surface area contributed by atoms with Crippen molar-refractivity contribution in [1.29, 1.82) is 0 Å². The van der Waals surface area contributed by atoms with Crippen molar-refractivity contribution in [2.24, 2.45) is 0 Å². The molecular weight excluding hydrogens is 180 g/mol. The van der Waals surface area contributed by atoms with Gasteiger partial charge in [-0.2, -0.15) is 0 Å². The number of rotatable bonds is 5. The molecule has 0 spiro atoms. The summed E-state index contributed by atoms with van der Waals surface area (Å²) in [5, 5.41) is 0. The van der Waals surface area contributed by atoms with E-state index < -0.39 is 10.8 Å². The van der Waals surface area contributed by atoms with Gasteiger partial charge in [-0.05, 0) is 12.7 Å². The highest BCUT2D eigenvalue weighted by Crippen LogP contribution is 2.13. The van der Waals surface area contributed by atoms with Gasteiger partial charge in [0.25, 0.3) is 0 Å². The Hall–Kier alpha value is 0.170. The van der Waals surface area contributed by atoms with Gasteiger partial charge in [-0.3, -0.25) is 9.00 Å². The second-order valence-electron chi connectivity index (χ2n) is 2.28. The third-order valence-corrected chi connectivity index (χ3v) is 4.22. The fourth-order valence-corrected chi connectivity index (χ4v) is 2.77. The minimum Gasteiger partial charge on any atom is -0.297 e. The van der Waals surface area contributed by atoms with Crippen molar-refractivity contribution in [1.82, 2.24) is 0 Å². The lowest BCUT2D eigenvalue weighted by Gasteiger charge is -2.08. The summed E-state index contributed by atoms with van der Waals surface area (Å²) < 4.78 is 10.7. The van der Waals surface area contributed by atoms with Crippen LogP contribution in [0.5, 0.6) is 0 Å². The Labute approximate surface area is 74.6 Å². The fourth-order valence-electron chi connectivity index (χ4n) is 0.816. The number of ketones is 1. The van der Waals surface area contributed by atoms with Crippen molar-refractivity contribution in [2.75, 3.05) is 12.5 Å². The van der Waals surface area contributed by atoms with E-state index in [9.17, 15) is 9.00 Å². The lowest BCUT2D eigenvalue weighted by molar-refractivity contribution is -0.117. The molecule has 0 fully saturated rings. The van der Waals surface area contributed by atoms with Gasteiger partial charge < -0.3 is 0 Å². The molecule has 0 aliphatic carbocycles. The molecule has 0 N–H and O–H groups in total. The van der Waals surface area contributed by atoms with Gasteiger partial charge in [-0.1, -0.05) is 6.92 Å². The highest BCUT2D eigenvalue weighted by Gasteiger charge is 2.19. The van der Waals surface area contributed by atoms with Gasteiger partial charge in [0.05, 0.1) is 0 Å². The quantitative estimate of drug-likeness (QED) is 0.664. The molecule has 0 saturated carbocycles. The maximum atomic E-state index is 11.2. The van der Waals surface area contributed by atoms with Crippen molar-refractivity contribution in [3.8, 4) is 0 Å². The zero-order valence-corrected chi connectivity index (χ0v) is 8.76. The number of carbonyl (C=O) groups excluding carboxylic acids is 1. The fraction of sp³-hybridized carbons (Fsp3) is 0.857. The Balaban J connectivity index is 4.03. The van der Waals surface area contributed by atoms with Crippen LogP contribution in [0.3, 0.4) is 0 Å². The standard InChI is InChI=1S/C7H14O2S2/c1-4-5-6(8)7(10-2)11(3)9/h7H,4-5H2,1-3H3. The van der Waals surface area contributed by atoms with Crippen molar-refractivity contribution < 1.29 is 9.00 Å². The maximum absolute atomic E-state index is 11.2. The lowest BCUT2D eigenvalue weighted by atomic mass is 10.2. The topological polar surface area (TPSA) is 34.1 Å². The average Bonchev–Trinajstić information content (AvgIpc) is 1.88. The van der Waals surface area contributed by atoms with Crippen LogP contribution >= 0.6 is 11.8 Å². The van der Waals surface area contributed by atoms with Gasteiger partial charge in [0.2, 0.25) is 0 Å². The van der Waals surface area contributed by atoms with Gasteiger partial charge in [0.1, 0.15) is 4.58 Å². The largest absolute Gasteiger partial charge is 0.297 e. The number of hydrogen-bond donors (Lipinski definition) is 0. The first kappa shape index (κ1) is 11.2. The molecule has 2 nitrogen and oxygen atoms in total. The number of carbonyl (C=O) groups is 1. The highest BCUT2D eigenvalue weighted by atomic mass is 32.2. The smallest absolute Gasteiger partial charge is 0.158 e. The van der Waals surface area contributed by atoms with E-state index >= 15 is 0 Å². The number of hydrogen-bond acceptors (Lipinski definition) is 3. The van der Waals surface area contributed by atoms with E-state index in [4.69, 9.17) is 0 Å². The summed E-state index contributed by atoms with van der Waals surface area (Å²) in [6.07, 6.45) is 4.78. The maximum Gasteiger partial charge on any atom is 0.158 e. The zero-order chi connectivity index (χ0) is 8.85. The minimum atomic E-state index is -1.02. The van der Waals surface area contributed by atoms with E-state index in [2.05, 4.69) is 0 Å². The molecule has 11 heavy (non-hydrogen) atoms. The molecule has 66 valence electrons. The van der Waals surface area contributed by atoms with E-state index in [0.717, 1.165) is 6.42 Å². The Kier molecular flexibility index (Phi) is 5.86. The normalized spacial score (nSPS) is 15.9. The predicted molar refractivity (Wildman–Crippen MR) is 51.3 cm³/mol. The molecular formula is C7H14O2S2. The number of Topliss-reactive ketones (excluding diaryl/α,β-unsaturated/α-hetero) is 1. The molecule has 0 aromatic rings. The molecule has 0 saturated heterocycles. The Morgan fingerprint density at radius 1 is 1.64 bits per heavy atom. The monoisotopic (exact) mass is 194 g/mol. The first-order valence-corrected chi connectivity index (χ1v) is 6.42. The minimum absolute atomic E-state index is 0.112. The zero-order valence-electron chi connectivity index (χ0n) is 7.12. The molecule has 0 bridgehead atoms. The molecule has 2 unspecified atom stereocenters. The van der Waals surface area contributed by atoms with Crippen LogP contribution in [0.15, 0.2) is 0 Å². The number of thioether (sulfide) groups is 1. The van der Waals surface area contributed by atoms with Gasteiger partial charge in [-0.15, -0.1) is 11.8 Å². The van der Waals surface area contributed by atoms with Crippen LogP contribution in [0, 0.1) is 0 Å².